The third-order valence-corrected chi connectivity index (χ3v) is 5.91. The first-order valence-corrected chi connectivity index (χ1v) is 10.0. The Morgan fingerprint density at radius 1 is 1.33 bits per heavy atom. The molecule has 2 aliphatic heterocycles. The Balaban J connectivity index is 1.49. The first-order valence-electron chi connectivity index (χ1n) is 10.0. The topological polar surface area (TPSA) is 54.7 Å². The maximum absolute atomic E-state index is 11.9. The van der Waals surface area contributed by atoms with Crippen LogP contribution in [0.1, 0.15) is 50.5 Å². The first-order chi connectivity index (χ1) is 13.2. The van der Waals surface area contributed by atoms with E-state index in [0.29, 0.717) is 12.0 Å². The van der Waals surface area contributed by atoms with Crippen LogP contribution in [0.5, 0.6) is 0 Å². The molecule has 2 aliphatic rings. The van der Waals surface area contributed by atoms with E-state index in [1.165, 1.54) is 50.8 Å². The normalized spacial score (nSPS) is 23.4. The first kappa shape index (κ1) is 18.1. The van der Waals surface area contributed by atoms with Gasteiger partial charge in [-0.2, -0.15) is 0 Å². The van der Waals surface area contributed by atoms with Crippen molar-refractivity contribution in [3.8, 4) is 0 Å². The monoisotopic (exact) mass is 368 g/mol. The quantitative estimate of drug-likeness (QED) is 0.745. The summed E-state index contributed by atoms with van der Waals surface area (Å²) in [6.07, 6.45) is 11.5. The lowest BCUT2D eigenvalue weighted by Gasteiger charge is -2.42. The number of amides is 1. The zero-order valence-corrected chi connectivity index (χ0v) is 15.9. The molecule has 0 spiro atoms. The lowest BCUT2D eigenvalue weighted by molar-refractivity contribution is 0.0975. The van der Waals surface area contributed by atoms with E-state index in [0.717, 1.165) is 16.7 Å². The predicted octanol–water partition coefficient (Wildman–Crippen LogP) is 5.29. The molecule has 144 valence electrons. The number of nitrogens with one attached hydrogen (secondary N) is 1. The molecule has 0 bridgehead atoms. The third kappa shape index (κ3) is 4.03. The summed E-state index contributed by atoms with van der Waals surface area (Å²) < 4.78 is 10.9. The molecule has 0 aliphatic carbocycles. The SMILES string of the molecule is CC=CCOC(=O)Nc1ccc2occ(C3CCN4CCCCC4C3)c2c1. The van der Waals surface area contributed by atoms with Crippen molar-refractivity contribution in [1.82, 2.24) is 4.90 Å². The van der Waals surface area contributed by atoms with E-state index < -0.39 is 6.09 Å². The van der Waals surface area contributed by atoms with E-state index in [1.807, 2.05) is 37.5 Å². The molecule has 2 aromatic rings. The van der Waals surface area contributed by atoms with Crippen molar-refractivity contribution in [3.05, 3.63) is 42.2 Å². The number of hydrogen-bond acceptors (Lipinski definition) is 4. The van der Waals surface area contributed by atoms with Gasteiger partial charge in [-0.05, 0) is 69.8 Å². The Hall–Kier alpha value is -2.27. The summed E-state index contributed by atoms with van der Waals surface area (Å²) in [4.78, 5) is 14.6. The summed E-state index contributed by atoms with van der Waals surface area (Å²) in [6.45, 7) is 4.61. The number of rotatable bonds is 4. The number of fused-ring (bicyclic) bond motifs is 2. The number of carbonyl (C=O) groups excluding carboxylic acids is 1. The van der Waals surface area contributed by atoms with Gasteiger partial charge in [0.05, 0.1) is 6.26 Å². The number of nitrogens with zero attached hydrogens (tertiary/aromatic N) is 1. The third-order valence-electron chi connectivity index (χ3n) is 5.91. The molecule has 5 heteroatoms. The predicted molar refractivity (Wildman–Crippen MR) is 107 cm³/mol. The van der Waals surface area contributed by atoms with E-state index >= 15 is 0 Å². The van der Waals surface area contributed by atoms with Crippen molar-refractivity contribution >= 4 is 22.7 Å². The number of benzene rings is 1. The molecular weight excluding hydrogens is 340 g/mol. The molecule has 3 heterocycles. The van der Waals surface area contributed by atoms with Crippen LogP contribution in [-0.2, 0) is 4.74 Å². The van der Waals surface area contributed by atoms with E-state index in [4.69, 9.17) is 9.15 Å². The molecule has 1 aromatic carbocycles. The number of carbonyl (C=O) groups is 1. The summed E-state index contributed by atoms with van der Waals surface area (Å²) in [5.41, 5.74) is 2.90. The van der Waals surface area contributed by atoms with Crippen LogP contribution >= 0.6 is 0 Å². The molecule has 2 saturated heterocycles. The second-order valence-electron chi connectivity index (χ2n) is 7.60. The number of piperidine rings is 2. The average molecular weight is 368 g/mol. The summed E-state index contributed by atoms with van der Waals surface area (Å²) >= 11 is 0. The summed E-state index contributed by atoms with van der Waals surface area (Å²) in [7, 11) is 0. The van der Waals surface area contributed by atoms with Crippen LogP contribution < -0.4 is 5.32 Å². The average Bonchev–Trinajstić information content (AvgIpc) is 3.11. The Morgan fingerprint density at radius 2 is 2.26 bits per heavy atom. The van der Waals surface area contributed by atoms with Gasteiger partial charge in [0.15, 0.2) is 0 Å². The number of anilines is 1. The van der Waals surface area contributed by atoms with Gasteiger partial charge in [0, 0.05) is 22.7 Å². The van der Waals surface area contributed by atoms with E-state index in [-0.39, 0.29) is 6.61 Å². The van der Waals surface area contributed by atoms with Gasteiger partial charge < -0.3 is 14.1 Å². The van der Waals surface area contributed by atoms with Crippen molar-refractivity contribution in [3.63, 3.8) is 0 Å². The molecule has 4 rings (SSSR count). The summed E-state index contributed by atoms with van der Waals surface area (Å²) in [6, 6.07) is 6.51. The smallest absolute Gasteiger partial charge is 0.411 e. The molecule has 1 amide bonds. The van der Waals surface area contributed by atoms with Gasteiger partial charge in [0.2, 0.25) is 0 Å². The zero-order chi connectivity index (χ0) is 18.6. The van der Waals surface area contributed by atoms with Crippen LogP contribution in [0.15, 0.2) is 41.0 Å². The maximum atomic E-state index is 11.9. The summed E-state index contributed by atoms with van der Waals surface area (Å²) in [5, 5.41) is 3.92. The van der Waals surface area contributed by atoms with Crippen molar-refractivity contribution in [2.75, 3.05) is 25.0 Å². The van der Waals surface area contributed by atoms with Crippen LogP contribution in [0.2, 0.25) is 0 Å². The van der Waals surface area contributed by atoms with Gasteiger partial charge in [-0.3, -0.25) is 5.32 Å². The lowest BCUT2D eigenvalue weighted by Crippen LogP contribution is -2.44. The highest BCUT2D eigenvalue weighted by atomic mass is 16.5. The van der Waals surface area contributed by atoms with E-state index in [9.17, 15) is 4.79 Å². The molecule has 5 nitrogen and oxygen atoms in total. The van der Waals surface area contributed by atoms with Gasteiger partial charge in [-0.15, -0.1) is 0 Å². The molecule has 2 atom stereocenters. The van der Waals surface area contributed by atoms with Gasteiger partial charge in [-0.25, -0.2) is 4.79 Å². The fourth-order valence-corrected chi connectivity index (χ4v) is 4.49. The highest BCUT2D eigenvalue weighted by Gasteiger charge is 2.32. The van der Waals surface area contributed by atoms with Crippen LogP contribution in [-0.4, -0.2) is 36.7 Å². The largest absolute Gasteiger partial charge is 0.464 e. The number of ether oxygens (including phenoxy) is 1. The van der Waals surface area contributed by atoms with E-state index in [2.05, 4.69) is 10.2 Å². The molecule has 0 radical (unpaired) electrons. The number of furan rings is 1. The molecule has 2 unspecified atom stereocenters. The molecule has 27 heavy (non-hydrogen) atoms. The lowest BCUT2D eigenvalue weighted by atomic mass is 9.82. The standard InChI is InChI=1S/C22H28N2O3/c1-2-3-12-26-22(25)23-17-7-8-21-19(14-17)20(15-27-21)16-9-11-24-10-5-4-6-18(24)13-16/h2-3,7-8,14-16,18H,4-6,9-13H2,1H3,(H,23,25). The minimum Gasteiger partial charge on any atom is -0.464 e. The molecule has 2 fully saturated rings. The maximum Gasteiger partial charge on any atom is 0.411 e. The molecular formula is C22H28N2O3. The zero-order valence-electron chi connectivity index (χ0n) is 15.9. The van der Waals surface area contributed by atoms with Gasteiger partial charge in [0.1, 0.15) is 12.2 Å². The van der Waals surface area contributed by atoms with Crippen molar-refractivity contribution in [2.24, 2.45) is 0 Å². The van der Waals surface area contributed by atoms with Crippen molar-refractivity contribution < 1.29 is 13.9 Å². The van der Waals surface area contributed by atoms with Gasteiger partial charge in [0.25, 0.3) is 0 Å². The Labute approximate surface area is 160 Å². The van der Waals surface area contributed by atoms with Gasteiger partial charge >= 0.3 is 6.09 Å². The van der Waals surface area contributed by atoms with Crippen LogP contribution in [0.4, 0.5) is 10.5 Å². The summed E-state index contributed by atoms with van der Waals surface area (Å²) in [5.74, 6) is 0.530. The number of allylic oxidation sites excluding steroid dienone is 1. The molecule has 1 aromatic heterocycles. The second kappa shape index (κ2) is 8.17. The van der Waals surface area contributed by atoms with Crippen LogP contribution in [0.25, 0.3) is 11.0 Å². The van der Waals surface area contributed by atoms with Crippen LogP contribution in [0.3, 0.4) is 0 Å². The molecule has 0 saturated carbocycles. The fourth-order valence-electron chi connectivity index (χ4n) is 4.49. The fraction of sp³-hybridized carbons (Fsp3) is 0.500. The Morgan fingerprint density at radius 3 is 3.15 bits per heavy atom. The van der Waals surface area contributed by atoms with Crippen molar-refractivity contribution in [2.45, 2.75) is 51.0 Å². The minimum absolute atomic E-state index is 0.279. The minimum atomic E-state index is -0.437. The molecule has 1 N–H and O–H groups in total. The number of hydrogen-bond donors (Lipinski definition) is 1. The van der Waals surface area contributed by atoms with Crippen LogP contribution in [0, 0.1) is 0 Å². The second-order valence-corrected chi connectivity index (χ2v) is 7.60. The Kier molecular flexibility index (Phi) is 5.48. The van der Waals surface area contributed by atoms with E-state index in [1.54, 1.807) is 6.08 Å². The van der Waals surface area contributed by atoms with Gasteiger partial charge in [-0.1, -0.05) is 18.6 Å². The van der Waals surface area contributed by atoms with Crippen molar-refractivity contribution in [1.29, 1.82) is 0 Å². The Bertz CT molecular complexity index is 826. The highest BCUT2D eigenvalue weighted by Crippen LogP contribution is 2.39. The highest BCUT2D eigenvalue weighted by molar-refractivity contribution is 5.91.